The average Bonchev–Trinajstić information content (AvgIpc) is 3.29. The number of aryl methyl sites for hydroxylation is 1. The predicted octanol–water partition coefficient (Wildman–Crippen LogP) is 0.569. The van der Waals surface area contributed by atoms with Crippen molar-refractivity contribution in [3.8, 4) is 11.4 Å². The van der Waals surface area contributed by atoms with Gasteiger partial charge in [-0.1, -0.05) is 0 Å². The van der Waals surface area contributed by atoms with Crippen molar-refractivity contribution in [1.82, 2.24) is 34.8 Å². The minimum absolute atomic E-state index is 0.181. The van der Waals surface area contributed by atoms with Crippen LogP contribution in [0.4, 0.5) is 5.82 Å². The minimum Gasteiger partial charge on any atom is -0.388 e. The molecule has 1 aliphatic rings. The molecule has 0 bridgehead atoms. The second-order valence-corrected chi connectivity index (χ2v) is 5.95. The van der Waals surface area contributed by atoms with Crippen LogP contribution in [0, 0.1) is 0 Å². The Balaban J connectivity index is 1.78. The third-order valence-electron chi connectivity index (χ3n) is 4.35. The molecule has 3 N–H and O–H groups in total. The third-order valence-corrected chi connectivity index (χ3v) is 4.35. The van der Waals surface area contributed by atoms with Gasteiger partial charge in [-0.15, -0.1) is 0 Å². The number of hydrogen-bond acceptors (Lipinski definition) is 8. The number of fused-ring (bicyclic) bond motifs is 1. The molecule has 3 aromatic heterocycles. The van der Waals surface area contributed by atoms with E-state index >= 15 is 0 Å². The molecule has 3 aromatic rings. The standard InChI is InChI=1S/C16H20N8O/c1-2-24-15(10-5-18-12(8-25)19-6-10)23-13-14(20-9-21-16(13)24)22-11-3-4-17-7-11/h5-6,9,11,17,25H,2-4,7-8H2,1H3,(H,20,21,22). The Morgan fingerprint density at radius 2 is 2.12 bits per heavy atom. The number of aliphatic hydroxyl groups is 1. The zero-order chi connectivity index (χ0) is 17.2. The summed E-state index contributed by atoms with van der Waals surface area (Å²) in [5.41, 5.74) is 2.32. The third kappa shape index (κ3) is 2.92. The number of aromatic nitrogens is 6. The van der Waals surface area contributed by atoms with Gasteiger partial charge in [0, 0.05) is 31.5 Å². The highest BCUT2D eigenvalue weighted by Gasteiger charge is 2.20. The smallest absolute Gasteiger partial charge is 0.165 e. The van der Waals surface area contributed by atoms with E-state index in [1.807, 2.05) is 11.5 Å². The predicted molar refractivity (Wildman–Crippen MR) is 92.8 cm³/mol. The van der Waals surface area contributed by atoms with Gasteiger partial charge in [0.2, 0.25) is 0 Å². The van der Waals surface area contributed by atoms with Crippen molar-refractivity contribution >= 4 is 17.0 Å². The number of anilines is 1. The quantitative estimate of drug-likeness (QED) is 0.618. The first-order valence-corrected chi connectivity index (χ1v) is 8.40. The topological polar surface area (TPSA) is 114 Å². The maximum absolute atomic E-state index is 9.11. The molecule has 1 unspecified atom stereocenters. The lowest BCUT2D eigenvalue weighted by Crippen LogP contribution is -2.22. The van der Waals surface area contributed by atoms with Crippen molar-refractivity contribution in [3.63, 3.8) is 0 Å². The first-order chi connectivity index (χ1) is 12.3. The number of hydrogen-bond donors (Lipinski definition) is 3. The molecule has 1 aliphatic heterocycles. The van der Waals surface area contributed by atoms with Gasteiger partial charge in [0.05, 0.1) is 5.56 Å². The number of rotatable bonds is 5. The van der Waals surface area contributed by atoms with E-state index in [1.54, 1.807) is 18.7 Å². The molecule has 130 valence electrons. The summed E-state index contributed by atoms with van der Waals surface area (Å²) >= 11 is 0. The fourth-order valence-electron chi connectivity index (χ4n) is 3.09. The molecule has 0 aromatic carbocycles. The van der Waals surface area contributed by atoms with Crippen molar-refractivity contribution in [1.29, 1.82) is 0 Å². The molecule has 0 radical (unpaired) electrons. The number of imidazole rings is 1. The van der Waals surface area contributed by atoms with Gasteiger partial charge < -0.3 is 20.3 Å². The Kier molecular flexibility index (Phi) is 4.24. The van der Waals surface area contributed by atoms with Crippen molar-refractivity contribution in [2.45, 2.75) is 32.5 Å². The Hall–Kier alpha value is -2.65. The molecule has 9 nitrogen and oxygen atoms in total. The van der Waals surface area contributed by atoms with E-state index in [-0.39, 0.29) is 6.61 Å². The maximum Gasteiger partial charge on any atom is 0.165 e. The van der Waals surface area contributed by atoms with Crippen molar-refractivity contribution < 1.29 is 5.11 Å². The molecule has 4 heterocycles. The zero-order valence-electron chi connectivity index (χ0n) is 14.0. The van der Waals surface area contributed by atoms with Gasteiger partial charge in [0.15, 0.2) is 22.8 Å². The van der Waals surface area contributed by atoms with Gasteiger partial charge in [0.25, 0.3) is 0 Å². The number of nitrogens with one attached hydrogen (secondary N) is 2. The highest BCUT2D eigenvalue weighted by molar-refractivity contribution is 5.86. The van der Waals surface area contributed by atoms with Crippen LogP contribution in [0.2, 0.25) is 0 Å². The Bertz CT molecular complexity index is 870. The van der Waals surface area contributed by atoms with Gasteiger partial charge in [-0.25, -0.2) is 24.9 Å². The summed E-state index contributed by atoms with van der Waals surface area (Å²) in [6.45, 7) is 4.51. The highest BCUT2D eigenvalue weighted by atomic mass is 16.3. The van der Waals surface area contributed by atoms with E-state index in [2.05, 4.69) is 30.6 Å². The highest BCUT2D eigenvalue weighted by Crippen LogP contribution is 2.26. The molecule has 4 rings (SSSR count). The summed E-state index contributed by atoms with van der Waals surface area (Å²) in [5.74, 6) is 1.88. The van der Waals surface area contributed by atoms with E-state index in [0.29, 0.717) is 11.9 Å². The van der Waals surface area contributed by atoms with Crippen LogP contribution in [-0.4, -0.2) is 53.7 Å². The SMILES string of the molecule is CCn1c(-c2cnc(CO)nc2)nc2c(NC3CCNC3)ncnc21. The van der Waals surface area contributed by atoms with Gasteiger partial charge in [0.1, 0.15) is 18.8 Å². The van der Waals surface area contributed by atoms with E-state index in [4.69, 9.17) is 10.1 Å². The summed E-state index contributed by atoms with van der Waals surface area (Å²) in [7, 11) is 0. The molecular weight excluding hydrogens is 320 g/mol. The van der Waals surface area contributed by atoms with Crippen molar-refractivity contribution in [3.05, 3.63) is 24.5 Å². The minimum atomic E-state index is -0.181. The normalized spacial score (nSPS) is 17.3. The van der Waals surface area contributed by atoms with Gasteiger partial charge in [-0.3, -0.25) is 0 Å². The van der Waals surface area contributed by atoms with Crippen LogP contribution >= 0.6 is 0 Å². The lowest BCUT2D eigenvalue weighted by atomic mass is 10.2. The lowest BCUT2D eigenvalue weighted by Gasteiger charge is -2.11. The van der Waals surface area contributed by atoms with E-state index in [0.717, 1.165) is 54.4 Å². The fraction of sp³-hybridized carbons (Fsp3) is 0.438. The average molecular weight is 340 g/mol. The molecular formula is C16H20N8O. The van der Waals surface area contributed by atoms with Crippen molar-refractivity contribution in [2.24, 2.45) is 0 Å². The van der Waals surface area contributed by atoms with Crippen LogP contribution in [0.15, 0.2) is 18.7 Å². The monoisotopic (exact) mass is 340 g/mol. The molecule has 0 aliphatic carbocycles. The van der Waals surface area contributed by atoms with Crippen LogP contribution in [0.25, 0.3) is 22.6 Å². The maximum atomic E-state index is 9.11. The fourth-order valence-corrected chi connectivity index (χ4v) is 3.09. The molecule has 0 spiro atoms. The lowest BCUT2D eigenvalue weighted by molar-refractivity contribution is 0.271. The van der Waals surface area contributed by atoms with Crippen LogP contribution in [0.5, 0.6) is 0 Å². The summed E-state index contributed by atoms with van der Waals surface area (Å²) in [6, 6.07) is 0.348. The van der Waals surface area contributed by atoms with Crippen LogP contribution in [0.3, 0.4) is 0 Å². The molecule has 1 saturated heterocycles. The molecule has 0 saturated carbocycles. The van der Waals surface area contributed by atoms with E-state index in [9.17, 15) is 0 Å². The number of nitrogens with zero attached hydrogens (tertiary/aromatic N) is 6. The van der Waals surface area contributed by atoms with E-state index < -0.39 is 0 Å². The molecule has 0 amide bonds. The van der Waals surface area contributed by atoms with Gasteiger partial charge in [-0.2, -0.15) is 0 Å². The van der Waals surface area contributed by atoms with Gasteiger partial charge in [-0.05, 0) is 19.9 Å². The first-order valence-electron chi connectivity index (χ1n) is 8.40. The first kappa shape index (κ1) is 15.9. The second-order valence-electron chi connectivity index (χ2n) is 5.95. The summed E-state index contributed by atoms with van der Waals surface area (Å²) in [4.78, 5) is 21.9. The number of aliphatic hydroxyl groups excluding tert-OH is 1. The van der Waals surface area contributed by atoms with Crippen molar-refractivity contribution in [2.75, 3.05) is 18.4 Å². The Morgan fingerprint density at radius 3 is 2.80 bits per heavy atom. The molecule has 1 fully saturated rings. The van der Waals surface area contributed by atoms with Crippen LogP contribution < -0.4 is 10.6 Å². The summed E-state index contributed by atoms with van der Waals surface area (Å²) in [5, 5.41) is 15.9. The molecule has 9 heteroatoms. The Morgan fingerprint density at radius 1 is 1.28 bits per heavy atom. The molecule has 25 heavy (non-hydrogen) atoms. The summed E-state index contributed by atoms with van der Waals surface area (Å²) < 4.78 is 2.02. The summed E-state index contributed by atoms with van der Waals surface area (Å²) in [6.07, 6.45) is 5.97. The van der Waals surface area contributed by atoms with Gasteiger partial charge >= 0.3 is 0 Å². The second kappa shape index (κ2) is 6.69. The molecule has 1 atom stereocenters. The van der Waals surface area contributed by atoms with Crippen LogP contribution in [-0.2, 0) is 13.2 Å². The Labute approximate surface area is 144 Å². The van der Waals surface area contributed by atoms with E-state index in [1.165, 1.54) is 0 Å². The zero-order valence-corrected chi connectivity index (χ0v) is 14.0. The van der Waals surface area contributed by atoms with Crippen LogP contribution in [0.1, 0.15) is 19.2 Å². The largest absolute Gasteiger partial charge is 0.388 e.